The fraction of sp³-hybridized carbons (Fsp3) is 0.583. The summed E-state index contributed by atoms with van der Waals surface area (Å²) in [6.45, 7) is 3.68. The summed E-state index contributed by atoms with van der Waals surface area (Å²) in [4.78, 5) is 41.3. The van der Waals surface area contributed by atoms with Crippen molar-refractivity contribution >= 4 is 17.9 Å². The Morgan fingerprint density at radius 2 is 2.20 bits per heavy atom. The van der Waals surface area contributed by atoms with Crippen molar-refractivity contribution in [2.24, 2.45) is 5.73 Å². The largest absolute Gasteiger partial charge is 0.464 e. The molecule has 2 aliphatic rings. The van der Waals surface area contributed by atoms with Gasteiger partial charge in [0.15, 0.2) is 6.61 Å². The lowest BCUT2D eigenvalue weighted by molar-refractivity contribution is -0.170. The standard InChI is InChI=1S/C12H17N3O5/c1-3-19-10(16)6-20-15-9-5-14(12(15)18)8(11(13)17)4-7(9)2/h4,8-9H,3,5-6H2,1-2H3,(H2,13,17)/t8-,9-/m0/s1. The summed E-state index contributed by atoms with van der Waals surface area (Å²) in [5.41, 5.74) is 6.08. The first kappa shape index (κ1) is 14.3. The summed E-state index contributed by atoms with van der Waals surface area (Å²) in [6.07, 6.45) is 1.64. The number of primary amides is 1. The van der Waals surface area contributed by atoms with Gasteiger partial charge in [-0.3, -0.25) is 9.63 Å². The molecule has 2 bridgehead atoms. The van der Waals surface area contributed by atoms with Crippen LogP contribution in [0.1, 0.15) is 13.8 Å². The molecule has 2 atom stereocenters. The first-order valence-electron chi connectivity index (χ1n) is 6.31. The average Bonchev–Trinajstić information content (AvgIpc) is 2.66. The zero-order chi connectivity index (χ0) is 14.9. The summed E-state index contributed by atoms with van der Waals surface area (Å²) >= 11 is 0. The monoisotopic (exact) mass is 283 g/mol. The van der Waals surface area contributed by atoms with E-state index in [1.165, 1.54) is 4.90 Å². The van der Waals surface area contributed by atoms with Crippen LogP contribution in [0.3, 0.4) is 0 Å². The van der Waals surface area contributed by atoms with Gasteiger partial charge in [-0.15, -0.1) is 0 Å². The molecule has 2 N–H and O–H groups in total. The van der Waals surface area contributed by atoms with E-state index < -0.39 is 23.9 Å². The molecule has 0 aromatic heterocycles. The highest BCUT2D eigenvalue weighted by atomic mass is 16.7. The van der Waals surface area contributed by atoms with Gasteiger partial charge < -0.3 is 15.4 Å². The van der Waals surface area contributed by atoms with Crippen LogP contribution in [0.5, 0.6) is 0 Å². The summed E-state index contributed by atoms with van der Waals surface area (Å²) in [5.74, 6) is -1.15. The Morgan fingerprint density at radius 3 is 2.80 bits per heavy atom. The molecular weight excluding hydrogens is 266 g/mol. The number of hydroxylamine groups is 2. The van der Waals surface area contributed by atoms with Gasteiger partial charge >= 0.3 is 12.0 Å². The van der Waals surface area contributed by atoms with Crippen molar-refractivity contribution in [1.82, 2.24) is 9.96 Å². The van der Waals surface area contributed by atoms with Gasteiger partial charge in [0.05, 0.1) is 19.2 Å². The van der Waals surface area contributed by atoms with Crippen molar-refractivity contribution in [3.05, 3.63) is 11.6 Å². The minimum atomic E-state index is -0.769. The number of amides is 3. The zero-order valence-corrected chi connectivity index (χ0v) is 11.4. The molecule has 8 heteroatoms. The van der Waals surface area contributed by atoms with Crippen molar-refractivity contribution in [2.45, 2.75) is 25.9 Å². The molecule has 1 fully saturated rings. The highest BCUT2D eigenvalue weighted by Gasteiger charge is 2.47. The first-order chi connectivity index (χ1) is 9.45. The average molecular weight is 283 g/mol. The molecular formula is C12H17N3O5. The second-order valence-electron chi connectivity index (χ2n) is 4.61. The predicted molar refractivity (Wildman–Crippen MR) is 67.1 cm³/mol. The minimum Gasteiger partial charge on any atom is -0.464 e. The highest BCUT2D eigenvalue weighted by Crippen LogP contribution is 2.29. The van der Waals surface area contributed by atoms with Crippen LogP contribution in [0.4, 0.5) is 4.79 Å². The molecule has 0 unspecified atom stereocenters. The molecule has 0 saturated carbocycles. The molecule has 0 aliphatic carbocycles. The van der Waals surface area contributed by atoms with E-state index in [4.69, 9.17) is 15.3 Å². The van der Waals surface area contributed by atoms with E-state index in [0.717, 1.165) is 10.6 Å². The maximum Gasteiger partial charge on any atom is 0.345 e. The first-order valence-corrected chi connectivity index (χ1v) is 6.31. The van der Waals surface area contributed by atoms with E-state index >= 15 is 0 Å². The Balaban J connectivity index is 2.07. The van der Waals surface area contributed by atoms with Crippen LogP contribution in [-0.2, 0) is 19.2 Å². The number of urea groups is 1. The number of carbonyl (C=O) groups excluding carboxylic acids is 3. The maximum absolute atomic E-state index is 12.2. The fourth-order valence-electron chi connectivity index (χ4n) is 2.32. The molecule has 2 rings (SSSR count). The summed E-state index contributed by atoms with van der Waals surface area (Å²) in [7, 11) is 0. The number of esters is 1. The van der Waals surface area contributed by atoms with Gasteiger partial charge in [-0.05, 0) is 19.4 Å². The van der Waals surface area contributed by atoms with Crippen LogP contribution in [0, 0.1) is 0 Å². The molecule has 1 saturated heterocycles. The summed E-state index contributed by atoms with van der Waals surface area (Å²) < 4.78 is 4.73. The smallest absolute Gasteiger partial charge is 0.345 e. The molecule has 2 heterocycles. The molecule has 3 amide bonds. The second-order valence-corrected chi connectivity index (χ2v) is 4.61. The number of fused-ring (bicyclic) bond motifs is 2. The highest BCUT2D eigenvalue weighted by molar-refractivity contribution is 5.90. The van der Waals surface area contributed by atoms with Gasteiger partial charge in [-0.25, -0.2) is 9.59 Å². The van der Waals surface area contributed by atoms with Gasteiger partial charge in [0.1, 0.15) is 6.04 Å². The number of carbonyl (C=O) groups is 3. The molecule has 0 radical (unpaired) electrons. The van der Waals surface area contributed by atoms with E-state index in [1.807, 2.05) is 0 Å². The van der Waals surface area contributed by atoms with Crippen LogP contribution in [-0.4, -0.2) is 59.7 Å². The number of nitrogens with two attached hydrogens (primary N) is 1. The molecule has 2 aliphatic heterocycles. The molecule has 20 heavy (non-hydrogen) atoms. The van der Waals surface area contributed by atoms with Gasteiger partial charge in [-0.1, -0.05) is 6.08 Å². The zero-order valence-electron chi connectivity index (χ0n) is 11.4. The van der Waals surface area contributed by atoms with Crippen LogP contribution in [0.15, 0.2) is 11.6 Å². The van der Waals surface area contributed by atoms with Gasteiger partial charge in [0, 0.05) is 0 Å². The van der Waals surface area contributed by atoms with Crippen LogP contribution >= 0.6 is 0 Å². The lowest BCUT2D eigenvalue weighted by Gasteiger charge is -2.25. The summed E-state index contributed by atoms with van der Waals surface area (Å²) in [5, 5.41) is 1.10. The fourth-order valence-corrected chi connectivity index (χ4v) is 2.32. The van der Waals surface area contributed by atoms with E-state index in [1.54, 1.807) is 19.9 Å². The Labute approximate surface area is 116 Å². The predicted octanol–water partition coefficient (Wildman–Crippen LogP) is -0.599. The second kappa shape index (κ2) is 5.49. The molecule has 0 spiro atoms. The molecule has 0 aromatic carbocycles. The van der Waals surface area contributed by atoms with E-state index in [-0.39, 0.29) is 19.3 Å². The van der Waals surface area contributed by atoms with Crippen molar-refractivity contribution in [2.75, 3.05) is 19.8 Å². The van der Waals surface area contributed by atoms with Gasteiger partial charge in [-0.2, -0.15) is 5.06 Å². The Bertz CT molecular complexity index is 476. The number of ether oxygens (including phenoxy) is 1. The number of nitrogens with zero attached hydrogens (tertiary/aromatic N) is 2. The SMILES string of the molecule is CCOC(=O)CON1C(=O)N2C[C@H]1C(C)=C[C@H]2C(N)=O. The third-order valence-corrected chi connectivity index (χ3v) is 3.29. The summed E-state index contributed by atoms with van der Waals surface area (Å²) in [6, 6.07) is -1.56. The van der Waals surface area contributed by atoms with E-state index in [9.17, 15) is 14.4 Å². The topological polar surface area (TPSA) is 102 Å². The Kier molecular flexibility index (Phi) is 3.93. The Hall–Kier alpha value is -2.09. The number of rotatable bonds is 5. The third kappa shape index (κ3) is 2.46. The van der Waals surface area contributed by atoms with Crippen LogP contribution in [0.25, 0.3) is 0 Å². The normalized spacial score (nSPS) is 24.7. The van der Waals surface area contributed by atoms with E-state index in [0.29, 0.717) is 6.54 Å². The van der Waals surface area contributed by atoms with Gasteiger partial charge in [0.2, 0.25) is 5.91 Å². The third-order valence-electron chi connectivity index (χ3n) is 3.29. The quantitative estimate of drug-likeness (QED) is 0.536. The van der Waals surface area contributed by atoms with Crippen LogP contribution < -0.4 is 5.73 Å². The van der Waals surface area contributed by atoms with Crippen molar-refractivity contribution < 1.29 is 24.0 Å². The van der Waals surface area contributed by atoms with Crippen LogP contribution in [0.2, 0.25) is 0 Å². The number of hydrogen-bond donors (Lipinski definition) is 1. The Morgan fingerprint density at radius 1 is 1.50 bits per heavy atom. The van der Waals surface area contributed by atoms with E-state index in [2.05, 4.69) is 0 Å². The van der Waals surface area contributed by atoms with Gasteiger partial charge in [0.25, 0.3) is 0 Å². The molecule has 0 aromatic rings. The van der Waals surface area contributed by atoms with Crippen molar-refractivity contribution in [3.8, 4) is 0 Å². The molecule has 110 valence electrons. The lowest BCUT2D eigenvalue weighted by atomic mass is 10.0. The minimum absolute atomic E-state index is 0.244. The van der Waals surface area contributed by atoms with Crippen molar-refractivity contribution in [1.29, 1.82) is 0 Å². The number of hydrogen-bond acceptors (Lipinski definition) is 5. The maximum atomic E-state index is 12.2. The lowest BCUT2D eigenvalue weighted by Crippen LogP contribution is -2.46. The van der Waals surface area contributed by atoms with Crippen molar-refractivity contribution in [3.63, 3.8) is 0 Å². The molecule has 8 nitrogen and oxygen atoms in total.